The Kier molecular flexibility index (Phi) is 7.83. The maximum Gasteiger partial charge on any atom is 0.169 e. The van der Waals surface area contributed by atoms with Gasteiger partial charge in [0.15, 0.2) is 6.29 Å². The Morgan fingerprint density at radius 3 is 2.27 bits per heavy atom. The third kappa shape index (κ3) is 6.25. The quantitative estimate of drug-likeness (QED) is 0.418. The van der Waals surface area contributed by atoms with Gasteiger partial charge in [-0.25, -0.2) is 0 Å². The van der Waals surface area contributed by atoms with Gasteiger partial charge in [-0.3, -0.25) is 0 Å². The van der Waals surface area contributed by atoms with Gasteiger partial charge >= 0.3 is 0 Å². The lowest BCUT2D eigenvalue weighted by Gasteiger charge is -2.13. The average molecular weight is 163 g/mol. The Hall–Kier alpha value is -0.160. The van der Waals surface area contributed by atoms with Gasteiger partial charge in [0.1, 0.15) is 0 Å². The van der Waals surface area contributed by atoms with Gasteiger partial charge in [-0.1, -0.05) is 0 Å². The van der Waals surface area contributed by atoms with Gasteiger partial charge < -0.3 is 19.5 Å². The molecule has 1 N–H and O–H groups in total. The summed E-state index contributed by atoms with van der Waals surface area (Å²) in [6.45, 7) is 2.22. The first-order valence-corrected chi connectivity index (χ1v) is 3.60. The van der Waals surface area contributed by atoms with Gasteiger partial charge in [0.25, 0.3) is 0 Å². The van der Waals surface area contributed by atoms with Crippen LogP contribution in [-0.4, -0.2) is 47.3 Å². The second kappa shape index (κ2) is 7.94. The van der Waals surface area contributed by atoms with Crippen LogP contribution in [-0.2, 0) is 14.2 Å². The monoisotopic (exact) mass is 163 g/mol. The highest BCUT2D eigenvalue weighted by molar-refractivity contribution is 4.49. The first kappa shape index (κ1) is 10.8. The van der Waals surface area contributed by atoms with E-state index in [1.165, 1.54) is 0 Å². The maximum absolute atomic E-state index is 4.95. The zero-order valence-corrected chi connectivity index (χ0v) is 7.42. The molecule has 4 nitrogen and oxygen atoms in total. The Morgan fingerprint density at radius 2 is 1.82 bits per heavy atom. The minimum Gasteiger partial charge on any atom is -0.383 e. The summed E-state index contributed by atoms with van der Waals surface area (Å²) in [5.74, 6) is 0. The Balaban J connectivity index is 3.07. The van der Waals surface area contributed by atoms with Crippen molar-refractivity contribution in [2.75, 3.05) is 41.0 Å². The molecule has 0 aromatic heterocycles. The van der Waals surface area contributed by atoms with Gasteiger partial charge in [0, 0.05) is 34.4 Å². The molecule has 0 unspecified atom stereocenters. The van der Waals surface area contributed by atoms with Crippen LogP contribution in [0, 0.1) is 0 Å². The molecule has 0 heterocycles. The van der Waals surface area contributed by atoms with Crippen molar-refractivity contribution in [1.29, 1.82) is 0 Å². The van der Waals surface area contributed by atoms with E-state index in [2.05, 4.69) is 5.32 Å². The molecule has 4 heteroatoms. The highest BCUT2D eigenvalue weighted by atomic mass is 16.7. The average Bonchev–Trinajstić information content (AvgIpc) is 2.05. The van der Waals surface area contributed by atoms with Crippen molar-refractivity contribution in [3.8, 4) is 0 Å². The van der Waals surface area contributed by atoms with Crippen molar-refractivity contribution in [3.05, 3.63) is 0 Å². The molecular formula is C7H17NO3. The van der Waals surface area contributed by atoms with Crippen LogP contribution in [0.1, 0.15) is 0 Å². The first-order valence-electron chi connectivity index (χ1n) is 3.60. The van der Waals surface area contributed by atoms with Gasteiger partial charge in [0.2, 0.25) is 0 Å². The molecular weight excluding hydrogens is 146 g/mol. The zero-order valence-electron chi connectivity index (χ0n) is 7.42. The smallest absolute Gasteiger partial charge is 0.169 e. The maximum atomic E-state index is 4.95. The topological polar surface area (TPSA) is 39.7 Å². The molecule has 0 spiro atoms. The van der Waals surface area contributed by atoms with E-state index >= 15 is 0 Å². The Morgan fingerprint density at radius 1 is 1.18 bits per heavy atom. The predicted octanol–water partition coefficient (Wildman–Crippen LogP) is -0.159. The van der Waals surface area contributed by atoms with E-state index in [-0.39, 0.29) is 6.29 Å². The first-order chi connectivity index (χ1) is 5.35. The fourth-order valence-electron chi connectivity index (χ4n) is 0.657. The number of hydrogen-bond donors (Lipinski definition) is 1. The van der Waals surface area contributed by atoms with E-state index in [9.17, 15) is 0 Å². The van der Waals surface area contributed by atoms with Crippen molar-refractivity contribution in [2.45, 2.75) is 6.29 Å². The molecule has 0 fully saturated rings. The largest absolute Gasteiger partial charge is 0.383 e. The summed E-state index contributed by atoms with van der Waals surface area (Å²) in [5.41, 5.74) is 0. The number of hydrogen-bond acceptors (Lipinski definition) is 4. The van der Waals surface area contributed by atoms with Crippen LogP contribution in [0.25, 0.3) is 0 Å². The van der Waals surface area contributed by atoms with E-state index in [1.54, 1.807) is 21.3 Å². The molecule has 0 radical (unpaired) electrons. The van der Waals surface area contributed by atoms with Crippen molar-refractivity contribution < 1.29 is 14.2 Å². The van der Waals surface area contributed by atoms with Crippen LogP contribution in [0.3, 0.4) is 0 Å². The van der Waals surface area contributed by atoms with Crippen LogP contribution in [0.15, 0.2) is 0 Å². The summed E-state index contributed by atoms with van der Waals surface area (Å²) in [4.78, 5) is 0. The SMILES string of the molecule is COCCNCC(OC)OC. The Labute approximate surface area is 67.8 Å². The lowest BCUT2D eigenvalue weighted by Crippen LogP contribution is -2.31. The number of nitrogens with one attached hydrogen (secondary N) is 1. The van der Waals surface area contributed by atoms with Crippen LogP contribution in [0.4, 0.5) is 0 Å². The lowest BCUT2D eigenvalue weighted by molar-refractivity contribution is -0.0989. The molecule has 0 aliphatic heterocycles. The molecule has 0 saturated heterocycles. The van der Waals surface area contributed by atoms with E-state index in [0.29, 0.717) is 13.2 Å². The molecule has 0 bridgehead atoms. The number of rotatable bonds is 7. The molecule has 0 aliphatic rings. The molecule has 0 atom stereocenters. The molecule has 0 aromatic rings. The number of ether oxygens (including phenoxy) is 3. The summed E-state index contributed by atoms with van der Waals surface area (Å²) in [6.07, 6.45) is -0.160. The van der Waals surface area contributed by atoms with Gasteiger partial charge in [-0.2, -0.15) is 0 Å². The highest BCUT2D eigenvalue weighted by Gasteiger charge is 2.01. The third-order valence-corrected chi connectivity index (χ3v) is 1.32. The van der Waals surface area contributed by atoms with E-state index in [0.717, 1.165) is 6.54 Å². The van der Waals surface area contributed by atoms with E-state index < -0.39 is 0 Å². The van der Waals surface area contributed by atoms with Crippen LogP contribution in [0.5, 0.6) is 0 Å². The van der Waals surface area contributed by atoms with Crippen LogP contribution < -0.4 is 5.32 Å². The van der Waals surface area contributed by atoms with Gasteiger partial charge in [-0.15, -0.1) is 0 Å². The van der Waals surface area contributed by atoms with E-state index in [1.807, 2.05) is 0 Å². The molecule has 0 aliphatic carbocycles. The summed E-state index contributed by atoms with van der Waals surface area (Å²) in [7, 11) is 4.91. The lowest BCUT2D eigenvalue weighted by atomic mass is 10.5. The van der Waals surface area contributed by atoms with E-state index in [4.69, 9.17) is 14.2 Å². The molecule has 0 saturated carbocycles. The molecule has 0 rings (SSSR count). The fourth-order valence-corrected chi connectivity index (χ4v) is 0.657. The summed E-state index contributed by atoms with van der Waals surface area (Å²) in [6, 6.07) is 0. The second-order valence-corrected chi connectivity index (χ2v) is 2.10. The minimum absolute atomic E-state index is 0.160. The fraction of sp³-hybridized carbons (Fsp3) is 1.00. The predicted molar refractivity (Wildman–Crippen MR) is 42.6 cm³/mol. The highest BCUT2D eigenvalue weighted by Crippen LogP contribution is 1.86. The summed E-state index contributed by atoms with van der Waals surface area (Å²) >= 11 is 0. The summed E-state index contributed by atoms with van der Waals surface area (Å²) < 4.78 is 14.8. The van der Waals surface area contributed by atoms with Gasteiger partial charge in [0.05, 0.1) is 6.61 Å². The van der Waals surface area contributed by atoms with Crippen molar-refractivity contribution >= 4 is 0 Å². The molecule has 0 amide bonds. The molecule has 0 aromatic carbocycles. The van der Waals surface area contributed by atoms with Crippen molar-refractivity contribution in [3.63, 3.8) is 0 Å². The molecule has 11 heavy (non-hydrogen) atoms. The van der Waals surface area contributed by atoms with Crippen LogP contribution >= 0.6 is 0 Å². The Bertz CT molecular complexity index is 76.1. The normalized spacial score (nSPS) is 10.9. The minimum atomic E-state index is -0.160. The van der Waals surface area contributed by atoms with Crippen molar-refractivity contribution in [2.24, 2.45) is 0 Å². The van der Waals surface area contributed by atoms with Gasteiger partial charge in [-0.05, 0) is 0 Å². The zero-order chi connectivity index (χ0) is 8.53. The third-order valence-electron chi connectivity index (χ3n) is 1.32. The molecule has 68 valence electrons. The number of methoxy groups -OCH3 is 3. The van der Waals surface area contributed by atoms with Crippen molar-refractivity contribution in [1.82, 2.24) is 5.32 Å². The summed E-state index contributed by atoms with van der Waals surface area (Å²) in [5, 5.41) is 3.11. The van der Waals surface area contributed by atoms with Crippen LogP contribution in [0.2, 0.25) is 0 Å². The standard InChI is InChI=1S/C7H17NO3/c1-9-5-4-8-6-7(10-2)11-3/h7-8H,4-6H2,1-3H3. The second-order valence-electron chi connectivity index (χ2n) is 2.10.